The van der Waals surface area contributed by atoms with Crippen molar-refractivity contribution in [3.05, 3.63) is 24.0 Å². The molecule has 4 atom stereocenters. The zero-order valence-electron chi connectivity index (χ0n) is 20.2. The topological polar surface area (TPSA) is 100 Å². The van der Waals surface area contributed by atoms with Gasteiger partial charge in [-0.25, -0.2) is 14.2 Å². The third-order valence-electron chi connectivity index (χ3n) is 7.89. The molecule has 186 valence electrons. The summed E-state index contributed by atoms with van der Waals surface area (Å²) < 4.78 is 20.6. The van der Waals surface area contributed by atoms with Crippen molar-refractivity contribution in [2.24, 2.45) is 23.1 Å². The van der Waals surface area contributed by atoms with Gasteiger partial charge in [-0.2, -0.15) is 0 Å². The number of rotatable bonds is 7. The molecule has 1 saturated carbocycles. The smallest absolute Gasteiger partial charge is 0.188 e. The third kappa shape index (κ3) is 4.99. The molecule has 1 aromatic carbocycles. The van der Waals surface area contributed by atoms with Crippen molar-refractivity contribution in [3.63, 3.8) is 0 Å². The van der Waals surface area contributed by atoms with E-state index >= 15 is 4.39 Å². The van der Waals surface area contributed by atoms with Crippen LogP contribution in [0.3, 0.4) is 0 Å². The number of anilines is 1. The summed E-state index contributed by atoms with van der Waals surface area (Å²) in [6, 6.07) is 5.49. The van der Waals surface area contributed by atoms with Crippen LogP contribution < -0.4 is 26.8 Å². The van der Waals surface area contributed by atoms with Gasteiger partial charge in [0, 0.05) is 19.1 Å². The monoisotopic (exact) mass is 463 g/mol. The van der Waals surface area contributed by atoms with E-state index in [1.807, 2.05) is 0 Å². The van der Waals surface area contributed by atoms with Gasteiger partial charge >= 0.3 is 0 Å². The van der Waals surface area contributed by atoms with Crippen molar-refractivity contribution in [2.75, 3.05) is 38.2 Å². The lowest BCUT2D eigenvalue weighted by atomic mass is 9.89. The van der Waals surface area contributed by atoms with E-state index in [9.17, 15) is 0 Å². The molecule has 0 spiro atoms. The molecule has 1 aliphatic carbocycles. The quantitative estimate of drug-likeness (QED) is 0.565. The Balaban J connectivity index is 1.65. The van der Waals surface area contributed by atoms with Gasteiger partial charge in [-0.1, -0.05) is 32.3 Å². The summed E-state index contributed by atoms with van der Waals surface area (Å²) in [6.45, 7) is 5.81. The van der Waals surface area contributed by atoms with Gasteiger partial charge in [0.05, 0.1) is 12.8 Å². The molecule has 6 N–H and O–H groups in total. The molecule has 3 fully saturated rings. The van der Waals surface area contributed by atoms with Crippen LogP contribution in [0.1, 0.15) is 51.9 Å². The van der Waals surface area contributed by atoms with Crippen molar-refractivity contribution in [1.29, 1.82) is 0 Å². The van der Waals surface area contributed by atoms with E-state index in [4.69, 9.17) is 21.9 Å². The fourth-order valence-corrected chi connectivity index (χ4v) is 5.98. The van der Waals surface area contributed by atoms with Crippen LogP contribution in [0.2, 0.25) is 0 Å². The predicted molar refractivity (Wildman–Crippen MR) is 130 cm³/mol. The summed E-state index contributed by atoms with van der Waals surface area (Å²) in [7, 11) is 1.47. The second-order valence-corrected chi connectivity index (χ2v) is 9.76. The van der Waals surface area contributed by atoms with Gasteiger partial charge in [0.15, 0.2) is 11.6 Å². The first-order valence-electron chi connectivity index (χ1n) is 12.6. The van der Waals surface area contributed by atoms with Crippen LogP contribution in [-0.4, -0.2) is 72.9 Å². The summed E-state index contributed by atoms with van der Waals surface area (Å²) in [6.07, 6.45) is 6.76. The van der Waals surface area contributed by atoms with E-state index in [0.717, 1.165) is 32.6 Å². The molecule has 0 radical (unpaired) electrons. The highest BCUT2D eigenvalue weighted by Crippen LogP contribution is 2.34. The number of methoxy groups -OCH3 is 1. The van der Waals surface area contributed by atoms with Gasteiger partial charge in [-0.3, -0.25) is 16.4 Å². The Morgan fingerprint density at radius 3 is 2.30 bits per heavy atom. The first-order chi connectivity index (χ1) is 16.0. The van der Waals surface area contributed by atoms with Crippen molar-refractivity contribution in [2.45, 2.75) is 76.8 Å². The Bertz CT molecular complexity index is 777. The lowest BCUT2D eigenvalue weighted by Crippen LogP contribution is -2.79. The number of halogens is 1. The van der Waals surface area contributed by atoms with E-state index in [0.29, 0.717) is 17.6 Å². The Kier molecular flexibility index (Phi) is 8.09. The minimum absolute atomic E-state index is 0.181. The van der Waals surface area contributed by atoms with E-state index in [1.165, 1.54) is 45.6 Å². The molecule has 0 amide bonds. The summed E-state index contributed by atoms with van der Waals surface area (Å²) in [5.74, 6) is 0.276. The van der Waals surface area contributed by atoms with Crippen LogP contribution >= 0.6 is 0 Å². The van der Waals surface area contributed by atoms with Crippen LogP contribution in [0.5, 0.6) is 5.75 Å². The molecule has 4 rings (SSSR count). The zero-order chi connectivity index (χ0) is 23.5. The average molecular weight is 464 g/mol. The van der Waals surface area contributed by atoms with E-state index in [-0.39, 0.29) is 5.75 Å². The second kappa shape index (κ2) is 10.8. The first kappa shape index (κ1) is 24.6. The number of nitrogens with two attached hydrogens (primary N) is 3. The highest BCUT2D eigenvalue weighted by atomic mass is 19.1. The molecule has 0 aromatic heterocycles. The fraction of sp³-hybridized carbons (Fsp3) is 0.750. The van der Waals surface area contributed by atoms with Crippen LogP contribution in [-0.2, 0) is 0 Å². The lowest BCUT2D eigenvalue weighted by molar-refractivity contribution is -0.0761. The third-order valence-corrected chi connectivity index (χ3v) is 7.89. The second-order valence-electron chi connectivity index (χ2n) is 9.76. The van der Waals surface area contributed by atoms with Gasteiger partial charge in [0.1, 0.15) is 18.9 Å². The number of likely N-dealkylation sites (tertiary alicyclic amines) is 1. The minimum Gasteiger partial charge on any atom is -0.494 e. The Hall–Kier alpha value is -1.49. The maximum absolute atomic E-state index is 15.4. The zero-order valence-corrected chi connectivity index (χ0v) is 20.2. The van der Waals surface area contributed by atoms with Gasteiger partial charge < -0.3 is 15.4 Å². The van der Waals surface area contributed by atoms with E-state index < -0.39 is 24.7 Å². The molecule has 33 heavy (non-hydrogen) atoms. The highest BCUT2D eigenvalue weighted by molar-refractivity contribution is 5.54. The van der Waals surface area contributed by atoms with Crippen LogP contribution in [0.4, 0.5) is 10.1 Å². The van der Waals surface area contributed by atoms with Crippen LogP contribution in [0.15, 0.2) is 18.2 Å². The number of hydrogen-bond donors (Lipinski definition) is 3. The Morgan fingerprint density at radius 1 is 0.939 bits per heavy atom. The van der Waals surface area contributed by atoms with Crippen molar-refractivity contribution >= 4 is 5.69 Å². The van der Waals surface area contributed by atoms with E-state index in [2.05, 4.69) is 21.6 Å². The lowest BCUT2D eigenvalue weighted by Gasteiger charge is -2.56. The number of nitrogens with zero attached hydrogens (tertiary/aromatic N) is 4. The SMILES string of the molecule is CCN1CCCC1CN1C(N)N(CC2CCCCC2)C(N)N(c2cccc(OC)c2F)C1N. The molecule has 2 saturated heterocycles. The largest absolute Gasteiger partial charge is 0.494 e. The molecule has 4 unspecified atom stereocenters. The van der Waals surface area contributed by atoms with Crippen LogP contribution in [0.25, 0.3) is 0 Å². The Labute approximate surface area is 197 Å². The minimum atomic E-state index is -0.640. The molecule has 2 aliphatic heterocycles. The highest BCUT2D eigenvalue weighted by Gasteiger charge is 2.45. The number of likely N-dealkylation sites (N-methyl/N-ethyl adjacent to an activating group) is 1. The molecule has 0 bridgehead atoms. The van der Waals surface area contributed by atoms with Crippen molar-refractivity contribution in [3.8, 4) is 5.75 Å². The molecule has 8 nitrogen and oxygen atoms in total. The maximum atomic E-state index is 15.4. The number of benzene rings is 1. The molecular formula is C24H42FN7O. The first-order valence-corrected chi connectivity index (χ1v) is 12.6. The summed E-state index contributed by atoms with van der Waals surface area (Å²) in [5, 5.41) is 0. The fourth-order valence-electron chi connectivity index (χ4n) is 5.98. The summed E-state index contributed by atoms with van der Waals surface area (Å²) in [5.41, 5.74) is 20.8. The molecule has 9 heteroatoms. The van der Waals surface area contributed by atoms with E-state index in [1.54, 1.807) is 23.1 Å². The number of ether oxygens (including phenoxy) is 1. The predicted octanol–water partition coefficient (Wildman–Crippen LogP) is 2.05. The standard InChI is InChI=1S/C24H42FN7O/c1-3-29-14-8-11-18(29)16-31-22(26)30(15-17-9-5-4-6-10-17)23(27)32(24(31)28)19-12-7-13-20(33-2)21(19)25/h7,12-13,17-18,22-24H,3-6,8-11,14-16,26-28H2,1-2H3. The van der Waals surface area contributed by atoms with Gasteiger partial charge in [-0.05, 0) is 56.8 Å². The molecule has 3 aliphatic rings. The summed E-state index contributed by atoms with van der Waals surface area (Å²) >= 11 is 0. The van der Waals surface area contributed by atoms with Gasteiger partial charge in [0.25, 0.3) is 0 Å². The molecular weight excluding hydrogens is 421 g/mol. The summed E-state index contributed by atoms with van der Waals surface area (Å²) in [4.78, 5) is 8.47. The van der Waals surface area contributed by atoms with Gasteiger partial charge in [-0.15, -0.1) is 0 Å². The van der Waals surface area contributed by atoms with Crippen molar-refractivity contribution < 1.29 is 9.13 Å². The van der Waals surface area contributed by atoms with Gasteiger partial charge in [0.2, 0.25) is 0 Å². The van der Waals surface area contributed by atoms with Crippen LogP contribution in [0, 0.1) is 11.7 Å². The molecule has 1 aromatic rings. The molecule has 2 heterocycles. The maximum Gasteiger partial charge on any atom is 0.188 e. The normalized spacial score (nSPS) is 30.8. The Morgan fingerprint density at radius 2 is 1.64 bits per heavy atom. The number of hydrogen-bond acceptors (Lipinski definition) is 8. The van der Waals surface area contributed by atoms with Crippen molar-refractivity contribution in [1.82, 2.24) is 14.7 Å². The average Bonchev–Trinajstić information content (AvgIpc) is 3.28.